The largest absolute Gasteiger partial charge is 0.496 e. The second kappa shape index (κ2) is 7.01. The van der Waals surface area contributed by atoms with Gasteiger partial charge in [-0.25, -0.2) is 0 Å². The molecule has 0 fully saturated rings. The predicted octanol–water partition coefficient (Wildman–Crippen LogP) is 2.21. The lowest BCUT2D eigenvalue weighted by molar-refractivity contribution is 0.312. The Balaban J connectivity index is 2.84. The molecule has 0 spiro atoms. The summed E-state index contributed by atoms with van der Waals surface area (Å²) < 4.78 is 5.35. The highest BCUT2D eigenvalue weighted by molar-refractivity contribution is 5.95. The van der Waals surface area contributed by atoms with Crippen LogP contribution in [0.5, 0.6) is 5.75 Å². The molecule has 1 aromatic carbocycles. The maximum absolute atomic E-state index is 7.48. The monoisotopic (exact) mass is 249 g/mol. The molecular weight excluding hydrogens is 226 g/mol. The van der Waals surface area contributed by atoms with Crippen molar-refractivity contribution in [1.29, 1.82) is 5.41 Å². The number of nitrogens with two attached hydrogens (primary N) is 1. The molecule has 0 saturated heterocycles. The minimum atomic E-state index is 0.0927. The van der Waals surface area contributed by atoms with Gasteiger partial charge in [0.05, 0.1) is 7.11 Å². The van der Waals surface area contributed by atoms with E-state index in [-0.39, 0.29) is 5.84 Å². The van der Waals surface area contributed by atoms with Crippen molar-refractivity contribution in [3.8, 4) is 5.75 Å². The Morgan fingerprint density at radius 2 is 2.17 bits per heavy atom. The number of nitrogens with zero attached hydrogens (tertiary/aromatic N) is 1. The van der Waals surface area contributed by atoms with Gasteiger partial charge in [0.25, 0.3) is 0 Å². The van der Waals surface area contributed by atoms with Crippen LogP contribution in [0.15, 0.2) is 18.2 Å². The third kappa shape index (κ3) is 4.04. The van der Waals surface area contributed by atoms with Crippen LogP contribution in [0.2, 0.25) is 0 Å². The standard InChI is InChI=1S/C14H23N3O/c1-4-5-8-17(2)10-12-9-11(14(15)16)6-7-13(12)18-3/h6-7,9H,4-5,8,10H2,1-3H3,(H3,15,16). The van der Waals surface area contributed by atoms with Gasteiger partial charge < -0.3 is 15.4 Å². The topological polar surface area (TPSA) is 62.3 Å². The zero-order valence-corrected chi connectivity index (χ0v) is 11.5. The van der Waals surface area contributed by atoms with Gasteiger partial charge in [0.1, 0.15) is 11.6 Å². The SMILES string of the molecule is CCCCN(C)Cc1cc(C(=N)N)ccc1OC. The Bertz CT molecular complexity index is 404. The van der Waals surface area contributed by atoms with Gasteiger partial charge in [-0.05, 0) is 38.2 Å². The van der Waals surface area contributed by atoms with Crippen molar-refractivity contribution in [3.63, 3.8) is 0 Å². The fourth-order valence-electron chi connectivity index (χ4n) is 1.87. The van der Waals surface area contributed by atoms with Crippen LogP contribution in [0.1, 0.15) is 30.9 Å². The molecule has 1 aromatic rings. The van der Waals surface area contributed by atoms with Crippen LogP contribution in [0.3, 0.4) is 0 Å². The van der Waals surface area contributed by atoms with E-state index in [4.69, 9.17) is 15.9 Å². The first-order chi connectivity index (χ1) is 8.58. The van der Waals surface area contributed by atoms with Crippen LogP contribution in [0.25, 0.3) is 0 Å². The maximum Gasteiger partial charge on any atom is 0.123 e. The normalized spacial score (nSPS) is 10.7. The highest BCUT2D eigenvalue weighted by Gasteiger charge is 2.08. The van der Waals surface area contributed by atoms with Gasteiger partial charge in [0, 0.05) is 17.7 Å². The highest BCUT2D eigenvalue weighted by atomic mass is 16.5. The van der Waals surface area contributed by atoms with Gasteiger partial charge in [-0.3, -0.25) is 5.41 Å². The van der Waals surface area contributed by atoms with Crippen molar-refractivity contribution >= 4 is 5.84 Å². The second-order valence-corrected chi connectivity index (χ2v) is 4.53. The first-order valence-electron chi connectivity index (χ1n) is 6.28. The molecule has 18 heavy (non-hydrogen) atoms. The fourth-order valence-corrected chi connectivity index (χ4v) is 1.87. The summed E-state index contributed by atoms with van der Waals surface area (Å²) in [4.78, 5) is 2.26. The summed E-state index contributed by atoms with van der Waals surface area (Å²) in [6.45, 7) is 4.05. The van der Waals surface area contributed by atoms with Gasteiger partial charge >= 0.3 is 0 Å². The number of hydrogen-bond donors (Lipinski definition) is 2. The minimum Gasteiger partial charge on any atom is -0.496 e. The highest BCUT2D eigenvalue weighted by Crippen LogP contribution is 2.21. The van der Waals surface area contributed by atoms with Crippen molar-refractivity contribution in [3.05, 3.63) is 29.3 Å². The lowest BCUT2D eigenvalue weighted by Gasteiger charge is -2.18. The van der Waals surface area contributed by atoms with E-state index >= 15 is 0 Å². The number of unbranched alkanes of at least 4 members (excludes halogenated alkanes) is 1. The molecule has 0 heterocycles. The fraction of sp³-hybridized carbons (Fsp3) is 0.500. The van der Waals surface area contributed by atoms with Crippen molar-refractivity contribution in [2.24, 2.45) is 5.73 Å². The molecule has 0 atom stereocenters. The molecule has 0 unspecified atom stereocenters. The van der Waals surface area contributed by atoms with Gasteiger partial charge in [0.2, 0.25) is 0 Å². The van der Waals surface area contributed by atoms with Gasteiger partial charge in [0.15, 0.2) is 0 Å². The summed E-state index contributed by atoms with van der Waals surface area (Å²) in [6.07, 6.45) is 2.38. The van der Waals surface area contributed by atoms with Crippen LogP contribution in [0.4, 0.5) is 0 Å². The molecule has 0 radical (unpaired) electrons. The van der Waals surface area contributed by atoms with E-state index in [1.165, 1.54) is 12.8 Å². The summed E-state index contributed by atoms with van der Waals surface area (Å²) in [6, 6.07) is 5.63. The number of benzene rings is 1. The molecular formula is C14H23N3O. The van der Waals surface area contributed by atoms with Crippen LogP contribution in [-0.2, 0) is 6.54 Å². The molecule has 0 bridgehead atoms. The lowest BCUT2D eigenvalue weighted by atomic mass is 10.1. The number of ether oxygens (including phenoxy) is 1. The number of nitrogen functional groups attached to an aromatic ring is 1. The van der Waals surface area contributed by atoms with Crippen molar-refractivity contribution in [2.45, 2.75) is 26.3 Å². The van der Waals surface area contributed by atoms with Crippen molar-refractivity contribution in [2.75, 3.05) is 20.7 Å². The molecule has 0 aromatic heterocycles. The smallest absolute Gasteiger partial charge is 0.123 e. The minimum absolute atomic E-state index is 0.0927. The molecule has 1 rings (SSSR count). The van der Waals surface area contributed by atoms with Crippen LogP contribution < -0.4 is 10.5 Å². The third-order valence-corrected chi connectivity index (χ3v) is 2.93. The molecule has 0 aliphatic carbocycles. The number of hydrogen-bond acceptors (Lipinski definition) is 3. The Labute approximate surface area is 109 Å². The molecule has 3 N–H and O–H groups in total. The van der Waals surface area contributed by atoms with E-state index in [0.29, 0.717) is 0 Å². The lowest BCUT2D eigenvalue weighted by Crippen LogP contribution is -2.20. The predicted molar refractivity (Wildman–Crippen MR) is 75.3 cm³/mol. The Morgan fingerprint density at radius 3 is 2.72 bits per heavy atom. The first kappa shape index (κ1) is 14.5. The summed E-state index contributed by atoms with van der Waals surface area (Å²) in [5.41, 5.74) is 7.33. The zero-order chi connectivity index (χ0) is 13.5. The third-order valence-electron chi connectivity index (χ3n) is 2.93. The van der Waals surface area contributed by atoms with Crippen LogP contribution >= 0.6 is 0 Å². The number of amidine groups is 1. The van der Waals surface area contributed by atoms with Crippen LogP contribution in [-0.4, -0.2) is 31.4 Å². The summed E-state index contributed by atoms with van der Waals surface area (Å²) in [5.74, 6) is 0.943. The Hall–Kier alpha value is -1.55. The van der Waals surface area contributed by atoms with E-state index in [1.54, 1.807) is 7.11 Å². The molecule has 100 valence electrons. The average molecular weight is 249 g/mol. The van der Waals surface area contributed by atoms with E-state index in [1.807, 2.05) is 18.2 Å². The Morgan fingerprint density at radius 1 is 1.44 bits per heavy atom. The van der Waals surface area contributed by atoms with Crippen LogP contribution in [0, 0.1) is 5.41 Å². The van der Waals surface area contributed by atoms with Crippen molar-refractivity contribution < 1.29 is 4.74 Å². The Kier molecular flexibility index (Phi) is 5.65. The van der Waals surface area contributed by atoms with Gasteiger partial charge in [-0.1, -0.05) is 13.3 Å². The number of rotatable bonds is 7. The molecule has 0 amide bonds. The molecule has 0 saturated carbocycles. The summed E-state index contributed by atoms with van der Waals surface area (Å²) in [7, 11) is 3.76. The van der Waals surface area contributed by atoms with E-state index in [2.05, 4.69) is 18.9 Å². The van der Waals surface area contributed by atoms with E-state index in [9.17, 15) is 0 Å². The molecule has 4 heteroatoms. The van der Waals surface area contributed by atoms with Gasteiger partial charge in [-0.15, -0.1) is 0 Å². The molecule has 0 aliphatic rings. The maximum atomic E-state index is 7.48. The molecule has 4 nitrogen and oxygen atoms in total. The number of nitrogens with one attached hydrogen (secondary N) is 1. The van der Waals surface area contributed by atoms with E-state index < -0.39 is 0 Å². The van der Waals surface area contributed by atoms with Crippen molar-refractivity contribution in [1.82, 2.24) is 4.90 Å². The average Bonchev–Trinajstić information content (AvgIpc) is 2.36. The number of methoxy groups -OCH3 is 1. The molecule has 0 aliphatic heterocycles. The first-order valence-corrected chi connectivity index (χ1v) is 6.28. The van der Waals surface area contributed by atoms with Gasteiger partial charge in [-0.2, -0.15) is 0 Å². The summed E-state index contributed by atoms with van der Waals surface area (Å²) >= 11 is 0. The quantitative estimate of drug-likeness (QED) is 0.575. The zero-order valence-electron chi connectivity index (χ0n) is 11.5. The second-order valence-electron chi connectivity index (χ2n) is 4.53. The van der Waals surface area contributed by atoms with E-state index in [0.717, 1.165) is 30.0 Å². The summed E-state index contributed by atoms with van der Waals surface area (Å²) in [5, 5.41) is 7.48.